The molecule has 0 fully saturated rings. The number of ketones is 1. The maximum absolute atomic E-state index is 13.0. The lowest BCUT2D eigenvalue weighted by molar-refractivity contribution is 0.0994. The highest BCUT2D eigenvalue weighted by Crippen LogP contribution is 2.15. The Kier molecular flexibility index (Phi) is 3.37. The maximum atomic E-state index is 13.0. The van der Waals surface area contributed by atoms with Crippen molar-refractivity contribution in [3.05, 3.63) is 65.2 Å². The first-order valence-corrected chi connectivity index (χ1v) is 5.39. The fourth-order valence-electron chi connectivity index (χ4n) is 1.74. The van der Waals surface area contributed by atoms with Crippen molar-refractivity contribution in [2.24, 2.45) is 0 Å². The van der Waals surface area contributed by atoms with Gasteiger partial charge < -0.3 is 5.73 Å². The molecule has 0 unspecified atom stereocenters. The molecule has 0 aliphatic carbocycles. The normalized spacial score (nSPS) is 10.3. The second kappa shape index (κ2) is 4.96. The lowest BCUT2D eigenvalue weighted by Gasteiger charge is -2.05. The van der Waals surface area contributed by atoms with Crippen LogP contribution in [0.25, 0.3) is 0 Å². The van der Waals surface area contributed by atoms with E-state index in [4.69, 9.17) is 5.73 Å². The Morgan fingerprint density at radius 1 is 1.06 bits per heavy atom. The van der Waals surface area contributed by atoms with Crippen LogP contribution in [-0.4, -0.2) is 5.78 Å². The standard InChI is InChI=1S/C14H11F2NO/c15-10-5-9(6-11(16)8-10)7-14(18)12-3-1-2-4-13(12)17/h1-6,8H,7,17H2. The number of anilines is 1. The van der Waals surface area contributed by atoms with E-state index in [2.05, 4.69) is 0 Å². The largest absolute Gasteiger partial charge is 0.398 e. The lowest BCUT2D eigenvalue weighted by Crippen LogP contribution is -2.07. The third kappa shape index (κ3) is 2.71. The van der Waals surface area contributed by atoms with Gasteiger partial charge >= 0.3 is 0 Å². The van der Waals surface area contributed by atoms with E-state index in [-0.39, 0.29) is 12.2 Å². The monoisotopic (exact) mass is 247 g/mol. The molecule has 18 heavy (non-hydrogen) atoms. The molecule has 0 saturated heterocycles. The molecule has 2 aromatic rings. The quantitative estimate of drug-likeness (QED) is 0.669. The van der Waals surface area contributed by atoms with Gasteiger partial charge in [-0.3, -0.25) is 4.79 Å². The molecule has 0 heterocycles. The summed E-state index contributed by atoms with van der Waals surface area (Å²) in [5.74, 6) is -1.66. The van der Waals surface area contributed by atoms with Gasteiger partial charge in [0.1, 0.15) is 11.6 Å². The van der Waals surface area contributed by atoms with Crippen LogP contribution in [0.3, 0.4) is 0 Å². The smallest absolute Gasteiger partial charge is 0.169 e. The number of carbonyl (C=O) groups excluding carboxylic acids is 1. The number of rotatable bonds is 3. The molecule has 2 nitrogen and oxygen atoms in total. The highest BCUT2D eigenvalue weighted by Gasteiger charge is 2.11. The van der Waals surface area contributed by atoms with E-state index in [1.165, 1.54) is 0 Å². The number of hydrogen-bond donors (Lipinski definition) is 1. The maximum Gasteiger partial charge on any atom is 0.169 e. The molecule has 2 aromatic carbocycles. The van der Waals surface area contributed by atoms with Crippen LogP contribution in [0.2, 0.25) is 0 Å². The van der Waals surface area contributed by atoms with Crippen molar-refractivity contribution in [2.75, 3.05) is 5.73 Å². The summed E-state index contributed by atoms with van der Waals surface area (Å²) in [5, 5.41) is 0. The average molecular weight is 247 g/mol. The fraction of sp³-hybridized carbons (Fsp3) is 0.0714. The predicted molar refractivity (Wildman–Crippen MR) is 65.2 cm³/mol. The van der Waals surface area contributed by atoms with Crippen LogP contribution in [0.4, 0.5) is 14.5 Å². The van der Waals surface area contributed by atoms with E-state index >= 15 is 0 Å². The van der Waals surface area contributed by atoms with Crippen LogP contribution in [0.1, 0.15) is 15.9 Å². The van der Waals surface area contributed by atoms with Gasteiger partial charge in [0.15, 0.2) is 5.78 Å². The van der Waals surface area contributed by atoms with E-state index < -0.39 is 11.6 Å². The molecule has 0 saturated carbocycles. The second-order valence-corrected chi connectivity index (χ2v) is 3.96. The van der Waals surface area contributed by atoms with Gasteiger partial charge in [0.25, 0.3) is 0 Å². The number of carbonyl (C=O) groups is 1. The zero-order valence-corrected chi connectivity index (χ0v) is 9.49. The zero-order chi connectivity index (χ0) is 13.1. The summed E-state index contributed by atoms with van der Waals surface area (Å²) >= 11 is 0. The summed E-state index contributed by atoms with van der Waals surface area (Å²) in [5.41, 5.74) is 6.68. The minimum absolute atomic E-state index is 0.0805. The minimum Gasteiger partial charge on any atom is -0.398 e. The van der Waals surface area contributed by atoms with E-state index in [1.807, 2.05) is 0 Å². The molecule has 2 N–H and O–H groups in total. The molecular formula is C14H11F2NO. The number of Topliss-reactive ketones (excluding diaryl/α,β-unsaturated/α-hetero) is 1. The summed E-state index contributed by atoms with van der Waals surface area (Å²) in [4.78, 5) is 11.9. The van der Waals surface area contributed by atoms with Gasteiger partial charge in [0, 0.05) is 23.7 Å². The van der Waals surface area contributed by atoms with Crippen LogP contribution >= 0.6 is 0 Å². The summed E-state index contributed by atoms with van der Waals surface area (Å²) in [6.45, 7) is 0. The van der Waals surface area contributed by atoms with Gasteiger partial charge in [-0.2, -0.15) is 0 Å². The van der Waals surface area contributed by atoms with Gasteiger partial charge in [0.2, 0.25) is 0 Å². The van der Waals surface area contributed by atoms with Crippen molar-refractivity contribution in [1.82, 2.24) is 0 Å². The fourth-order valence-corrected chi connectivity index (χ4v) is 1.74. The SMILES string of the molecule is Nc1ccccc1C(=O)Cc1cc(F)cc(F)c1. The Labute approximate surface area is 103 Å². The molecule has 0 bridgehead atoms. The number of halogens is 2. The van der Waals surface area contributed by atoms with Crippen LogP contribution in [0.15, 0.2) is 42.5 Å². The van der Waals surface area contributed by atoms with Crippen molar-refractivity contribution < 1.29 is 13.6 Å². The van der Waals surface area contributed by atoms with E-state index in [0.717, 1.165) is 18.2 Å². The van der Waals surface area contributed by atoms with Crippen molar-refractivity contribution >= 4 is 11.5 Å². The van der Waals surface area contributed by atoms with Crippen LogP contribution in [-0.2, 0) is 6.42 Å². The molecule has 4 heteroatoms. The topological polar surface area (TPSA) is 43.1 Å². The first-order valence-electron chi connectivity index (χ1n) is 5.39. The Balaban J connectivity index is 2.24. The molecular weight excluding hydrogens is 236 g/mol. The van der Waals surface area contributed by atoms with Gasteiger partial charge in [-0.05, 0) is 29.8 Å². The molecule has 2 rings (SSSR count). The first-order chi connectivity index (χ1) is 8.56. The Morgan fingerprint density at radius 2 is 1.67 bits per heavy atom. The van der Waals surface area contributed by atoms with Crippen LogP contribution < -0.4 is 5.73 Å². The molecule has 0 amide bonds. The highest BCUT2D eigenvalue weighted by atomic mass is 19.1. The van der Waals surface area contributed by atoms with Gasteiger partial charge in [-0.1, -0.05) is 12.1 Å². The van der Waals surface area contributed by atoms with Gasteiger partial charge in [0.05, 0.1) is 0 Å². The van der Waals surface area contributed by atoms with E-state index in [9.17, 15) is 13.6 Å². The molecule has 0 aliphatic heterocycles. The predicted octanol–water partition coefficient (Wildman–Crippen LogP) is 2.97. The summed E-state index contributed by atoms with van der Waals surface area (Å²) in [7, 11) is 0. The van der Waals surface area contributed by atoms with Crippen LogP contribution in [0, 0.1) is 11.6 Å². The van der Waals surface area contributed by atoms with Crippen molar-refractivity contribution in [2.45, 2.75) is 6.42 Å². The van der Waals surface area contributed by atoms with Crippen LogP contribution in [0.5, 0.6) is 0 Å². The third-order valence-corrected chi connectivity index (χ3v) is 2.55. The van der Waals surface area contributed by atoms with Crippen molar-refractivity contribution in [3.63, 3.8) is 0 Å². The summed E-state index contributed by atoms with van der Waals surface area (Å²) in [6, 6.07) is 9.65. The zero-order valence-electron chi connectivity index (χ0n) is 9.49. The molecule has 0 aliphatic rings. The molecule has 0 atom stereocenters. The van der Waals surface area contributed by atoms with Crippen molar-refractivity contribution in [1.29, 1.82) is 0 Å². The number of nitrogen functional groups attached to an aromatic ring is 1. The Morgan fingerprint density at radius 3 is 2.28 bits per heavy atom. The molecule has 92 valence electrons. The lowest BCUT2D eigenvalue weighted by atomic mass is 10.0. The highest BCUT2D eigenvalue weighted by molar-refractivity contribution is 6.01. The number of benzene rings is 2. The average Bonchev–Trinajstić information content (AvgIpc) is 2.27. The number of hydrogen-bond acceptors (Lipinski definition) is 2. The Hall–Kier alpha value is -2.23. The van der Waals surface area contributed by atoms with E-state index in [1.54, 1.807) is 24.3 Å². The summed E-state index contributed by atoms with van der Waals surface area (Å²) in [6.07, 6.45) is -0.0805. The number of nitrogens with two attached hydrogens (primary N) is 1. The second-order valence-electron chi connectivity index (χ2n) is 3.96. The molecule has 0 aromatic heterocycles. The molecule has 0 spiro atoms. The first kappa shape index (κ1) is 12.2. The Bertz CT molecular complexity index is 576. The van der Waals surface area contributed by atoms with Gasteiger partial charge in [-0.15, -0.1) is 0 Å². The van der Waals surface area contributed by atoms with E-state index in [0.29, 0.717) is 16.8 Å². The number of para-hydroxylation sites is 1. The summed E-state index contributed by atoms with van der Waals surface area (Å²) < 4.78 is 26.0. The van der Waals surface area contributed by atoms with Gasteiger partial charge in [-0.25, -0.2) is 8.78 Å². The minimum atomic E-state index is -0.696. The third-order valence-electron chi connectivity index (χ3n) is 2.55. The molecule has 0 radical (unpaired) electrons. The van der Waals surface area contributed by atoms with Crippen molar-refractivity contribution in [3.8, 4) is 0 Å².